The molecule has 0 aliphatic heterocycles. The molecule has 1 aromatic carbocycles. The van der Waals surface area contributed by atoms with Crippen molar-refractivity contribution in [1.29, 1.82) is 0 Å². The van der Waals surface area contributed by atoms with E-state index in [0.717, 1.165) is 15.8 Å². The predicted octanol–water partition coefficient (Wildman–Crippen LogP) is 1.81. The first kappa shape index (κ1) is 12.5. The van der Waals surface area contributed by atoms with Gasteiger partial charge in [0, 0.05) is 10.0 Å². The van der Waals surface area contributed by atoms with Crippen LogP contribution < -0.4 is 10.2 Å². The van der Waals surface area contributed by atoms with Crippen molar-refractivity contribution in [1.82, 2.24) is 20.6 Å². The van der Waals surface area contributed by atoms with E-state index in [2.05, 4.69) is 47.1 Å². The highest BCUT2D eigenvalue weighted by Crippen LogP contribution is 2.21. The molecule has 0 aliphatic carbocycles. The van der Waals surface area contributed by atoms with Crippen LogP contribution in [0, 0.1) is 0 Å². The molecule has 1 aromatic heterocycles. The van der Waals surface area contributed by atoms with Crippen molar-refractivity contribution in [3.05, 3.63) is 28.2 Å². The molecule has 0 spiro atoms. The minimum atomic E-state index is 0.305. The van der Waals surface area contributed by atoms with E-state index in [-0.39, 0.29) is 0 Å². The third kappa shape index (κ3) is 3.27. The molecule has 2 N–H and O–H groups in total. The summed E-state index contributed by atoms with van der Waals surface area (Å²) >= 11 is 3.40. The Hall–Kier alpha value is -1.96. The number of nitrogens with zero attached hydrogens (tertiary/aromatic N) is 4. The maximum atomic E-state index is 5.49. The van der Waals surface area contributed by atoms with Gasteiger partial charge in [-0.15, -0.1) is 5.10 Å². The molecule has 0 bridgehead atoms. The van der Waals surface area contributed by atoms with Crippen molar-refractivity contribution in [2.24, 2.45) is 5.10 Å². The van der Waals surface area contributed by atoms with Crippen LogP contribution in [0.1, 0.15) is 12.5 Å². The number of aromatic amines is 1. The van der Waals surface area contributed by atoms with Crippen molar-refractivity contribution >= 4 is 28.1 Å². The van der Waals surface area contributed by atoms with Gasteiger partial charge in [-0.2, -0.15) is 10.3 Å². The summed E-state index contributed by atoms with van der Waals surface area (Å²) < 4.78 is 6.44. The van der Waals surface area contributed by atoms with E-state index in [1.807, 2.05) is 25.1 Å². The van der Waals surface area contributed by atoms with Gasteiger partial charge in [-0.3, -0.25) is 0 Å². The van der Waals surface area contributed by atoms with Gasteiger partial charge in [0.05, 0.1) is 12.8 Å². The summed E-state index contributed by atoms with van der Waals surface area (Å²) in [6, 6.07) is 5.70. The number of aromatic nitrogens is 4. The smallest absolute Gasteiger partial charge is 0.283 e. The average Bonchev–Trinajstić information content (AvgIpc) is 2.86. The number of hydrazone groups is 1. The second-order valence-corrected chi connectivity index (χ2v) is 4.14. The SMILES string of the molecule is CCOc1ccc(Br)cc1/C=N\Nc1nn[nH]n1. The molecule has 1 heterocycles. The second kappa shape index (κ2) is 6.10. The molecule has 2 rings (SSSR count). The zero-order valence-corrected chi connectivity index (χ0v) is 11.2. The Balaban J connectivity index is 2.11. The summed E-state index contributed by atoms with van der Waals surface area (Å²) in [6.07, 6.45) is 1.63. The molecule has 0 radical (unpaired) electrons. The van der Waals surface area contributed by atoms with Crippen molar-refractivity contribution in [2.75, 3.05) is 12.0 Å². The first-order valence-corrected chi connectivity index (χ1v) is 6.03. The third-order valence-corrected chi connectivity index (χ3v) is 2.48. The molecule has 0 atom stereocenters. The zero-order valence-electron chi connectivity index (χ0n) is 9.59. The number of H-pyrrole nitrogens is 1. The largest absolute Gasteiger partial charge is 0.493 e. The van der Waals surface area contributed by atoms with Crippen LogP contribution in [0.4, 0.5) is 5.95 Å². The highest BCUT2D eigenvalue weighted by Gasteiger charge is 2.02. The molecule has 0 unspecified atom stereocenters. The number of anilines is 1. The van der Waals surface area contributed by atoms with Gasteiger partial charge in [0.15, 0.2) is 0 Å². The fraction of sp³-hybridized carbons (Fsp3) is 0.200. The lowest BCUT2D eigenvalue weighted by Gasteiger charge is -2.06. The molecule has 94 valence electrons. The molecular formula is C10H11BrN6O. The highest BCUT2D eigenvalue weighted by molar-refractivity contribution is 9.10. The molecule has 2 aromatic rings. The standard InChI is InChI=1S/C10H11BrN6O/c1-2-18-9-4-3-8(11)5-7(9)6-12-13-10-14-16-17-15-10/h3-6H,2H2,1H3,(H2,13,14,15,16,17)/b12-6-. The van der Waals surface area contributed by atoms with Gasteiger partial charge in [-0.05, 0) is 30.3 Å². The first-order chi connectivity index (χ1) is 8.79. The fourth-order valence-electron chi connectivity index (χ4n) is 1.28. The van der Waals surface area contributed by atoms with Gasteiger partial charge in [0.1, 0.15) is 5.75 Å². The zero-order chi connectivity index (χ0) is 12.8. The van der Waals surface area contributed by atoms with Crippen LogP contribution in [0.25, 0.3) is 0 Å². The number of hydrogen-bond acceptors (Lipinski definition) is 6. The van der Waals surface area contributed by atoms with E-state index in [1.165, 1.54) is 0 Å². The number of nitrogens with one attached hydrogen (secondary N) is 2. The Morgan fingerprint density at radius 2 is 2.44 bits per heavy atom. The number of tetrazole rings is 1. The highest BCUT2D eigenvalue weighted by atomic mass is 79.9. The molecular weight excluding hydrogens is 300 g/mol. The van der Waals surface area contributed by atoms with Crippen LogP contribution in [0.3, 0.4) is 0 Å². The molecule has 8 heteroatoms. The topological polar surface area (TPSA) is 88.1 Å². The Morgan fingerprint density at radius 1 is 1.56 bits per heavy atom. The van der Waals surface area contributed by atoms with Crippen LogP contribution in [-0.2, 0) is 0 Å². The molecule has 0 saturated heterocycles. The first-order valence-electron chi connectivity index (χ1n) is 5.24. The van der Waals surface area contributed by atoms with Gasteiger partial charge < -0.3 is 4.74 Å². The Morgan fingerprint density at radius 3 is 3.17 bits per heavy atom. The molecule has 18 heavy (non-hydrogen) atoms. The molecule has 0 saturated carbocycles. The van der Waals surface area contributed by atoms with Gasteiger partial charge in [0.25, 0.3) is 5.95 Å². The number of halogens is 1. The van der Waals surface area contributed by atoms with Crippen molar-refractivity contribution in [3.8, 4) is 5.75 Å². The van der Waals surface area contributed by atoms with Gasteiger partial charge in [-0.25, -0.2) is 5.43 Å². The number of hydrogen-bond donors (Lipinski definition) is 2. The van der Waals surface area contributed by atoms with Crippen LogP contribution in [-0.4, -0.2) is 33.4 Å². The minimum absolute atomic E-state index is 0.305. The summed E-state index contributed by atoms with van der Waals surface area (Å²) in [4.78, 5) is 0. The minimum Gasteiger partial charge on any atom is -0.493 e. The quantitative estimate of drug-likeness (QED) is 0.649. The summed E-state index contributed by atoms with van der Waals surface area (Å²) in [7, 11) is 0. The Kier molecular flexibility index (Phi) is 4.24. The number of rotatable bonds is 5. The normalized spacial score (nSPS) is 10.8. The molecule has 0 amide bonds. The van der Waals surface area contributed by atoms with Crippen molar-refractivity contribution < 1.29 is 4.74 Å². The lowest BCUT2D eigenvalue weighted by atomic mass is 10.2. The molecule has 7 nitrogen and oxygen atoms in total. The van der Waals surface area contributed by atoms with E-state index >= 15 is 0 Å². The van der Waals surface area contributed by atoms with Gasteiger partial charge in [0.2, 0.25) is 0 Å². The lowest BCUT2D eigenvalue weighted by Crippen LogP contribution is -1.98. The van der Waals surface area contributed by atoms with E-state index < -0.39 is 0 Å². The Labute approximate surface area is 112 Å². The van der Waals surface area contributed by atoms with E-state index in [1.54, 1.807) is 6.21 Å². The lowest BCUT2D eigenvalue weighted by molar-refractivity contribution is 0.339. The summed E-state index contributed by atoms with van der Waals surface area (Å²) in [5, 5.41) is 17.2. The maximum absolute atomic E-state index is 5.49. The monoisotopic (exact) mass is 310 g/mol. The van der Waals surface area contributed by atoms with Crippen LogP contribution in [0.2, 0.25) is 0 Å². The average molecular weight is 311 g/mol. The predicted molar refractivity (Wildman–Crippen MR) is 70.7 cm³/mol. The van der Waals surface area contributed by atoms with E-state index in [4.69, 9.17) is 4.74 Å². The summed E-state index contributed by atoms with van der Waals surface area (Å²) in [5.74, 6) is 1.07. The second-order valence-electron chi connectivity index (χ2n) is 3.22. The summed E-state index contributed by atoms with van der Waals surface area (Å²) in [5.41, 5.74) is 3.49. The van der Waals surface area contributed by atoms with Crippen LogP contribution >= 0.6 is 15.9 Å². The van der Waals surface area contributed by atoms with Crippen molar-refractivity contribution in [2.45, 2.75) is 6.92 Å². The fourth-order valence-corrected chi connectivity index (χ4v) is 1.65. The summed E-state index contributed by atoms with van der Waals surface area (Å²) in [6.45, 7) is 2.53. The Bertz CT molecular complexity index is 527. The number of ether oxygens (including phenoxy) is 1. The number of benzene rings is 1. The van der Waals surface area contributed by atoms with Crippen LogP contribution in [0.5, 0.6) is 5.75 Å². The van der Waals surface area contributed by atoms with Gasteiger partial charge >= 0.3 is 0 Å². The molecule has 0 fully saturated rings. The van der Waals surface area contributed by atoms with Crippen molar-refractivity contribution in [3.63, 3.8) is 0 Å². The third-order valence-electron chi connectivity index (χ3n) is 1.99. The maximum Gasteiger partial charge on any atom is 0.283 e. The van der Waals surface area contributed by atoms with Gasteiger partial charge in [-0.1, -0.05) is 21.0 Å². The van der Waals surface area contributed by atoms with E-state index in [0.29, 0.717) is 12.6 Å². The van der Waals surface area contributed by atoms with E-state index in [9.17, 15) is 0 Å². The molecule has 0 aliphatic rings. The van der Waals surface area contributed by atoms with Crippen LogP contribution in [0.15, 0.2) is 27.8 Å².